The van der Waals surface area contributed by atoms with E-state index < -0.39 is 8.32 Å². The molecule has 0 aliphatic carbocycles. The molecule has 2 amide bonds. The Hall–Kier alpha value is -1.08. The van der Waals surface area contributed by atoms with E-state index in [2.05, 4.69) is 46.1 Å². The van der Waals surface area contributed by atoms with Crippen LogP contribution in [-0.4, -0.2) is 57.1 Å². The third-order valence-corrected chi connectivity index (χ3v) is 10.6. The zero-order valence-electron chi connectivity index (χ0n) is 17.3. The smallest absolute Gasteiger partial charge is 0.410 e. The first-order chi connectivity index (χ1) is 12.1. The van der Waals surface area contributed by atoms with Gasteiger partial charge in [-0.1, -0.05) is 34.1 Å². The zero-order valence-corrected chi connectivity index (χ0v) is 18.3. The van der Waals surface area contributed by atoms with E-state index in [1.807, 2.05) is 0 Å². The van der Waals surface area contributed by atoms with Crippen LogP contribution in [0.3, 0.4) is 0 Å². The SMILES string of the molecule is CCCCOC(=O)N1CC(O[Si](C)(C)C(C)(C)C)CC1C1CCNC1=O. The number of ether oxygens (including phenoxy) is 1. The molecule has 2 aliphatic heterocycles. The van der Waals surface area contributed by atoms with Crippen molar-refractivity contribution in [1.82, 2.24) is 10.2 Å². The average molecular weight is 385 g/mol. The molecule has 7 heteroatoms. The minimum Gasteiger partial charge on any atom is -0.449 e. The number of carbonyl (C=O) groups excluding carboxylic acids is 2. The highest BCUT2D eigenvalue weighted by molar-refractivity contribution is 6.74. The summed E-state index contributed by atoms with van der Waals surface area (Å²) in [5.74, 6) is -0.101. The standard InChI is InChI=1S/C19H36N2O4Si/c1-7-8-11-24-18(23)21-13-14(25-26(5,6)19(2,3)4)12-16(21)15-9-10-20-17(15)22/h14-16H,7-13H2,1-6H3,(H,20,22). The minimum absolute atomic E-state index is 0.0204. The molecule has 2 fully saturated rings. The third kappa shape index (κ3) is 4.79. The van der Waals surface area contributed by atoms with E-state index in [1.54, 1.807) is 4.90 Å². The molecule has 3 atom stereocenters. The maximum atomic E-state index is 12.6. The summed E-state index contributed by atoms with van der Waals surface area (Å²) >= 11 is 0. The van der Waals surface area contributed by atoms with Crippen molar-refractivity contribution in [2.45, 2.75) is 83.7 Å². The summed E-state index contributed by atoms with van der Waals surface area (Å²) in [7, 11) is -1.93. The number of likely N-dealkylation sites (tertiary alicyclic amines) is 1. The third-order valence-electron chi connectivity index (χ3n) is 6.09. The Morgan fingerprint density at radius 3 is 2.58 bits per heavy atom. The second kappa shape index (κ2) is 8.29. The van der Waals surface area contributed by atoms with Gasteiger partial charge in [0.1, 0.15) is 0 Å². The summed E-state index contributed by atoms with van der Waals surface area (Å²) in [6.07, 6.45) is 3.01. The second-order valence-electron chi connectivity index (χ2n) is 9.11. The van der Waals surface area contributed by atoms with E-state index in [1.165, 1.54) is 0 Å². The van der Waals surface area contributed by atoms with E-state index in [-0.39, 0.29) is 35.1 Å². The Morgan fingerprint density at radius 2 is 2.04 bits per heavy atom. The summed E-state index contributed by atoms with van der Waals surface area (Å²) in [5.41, 5.74) is 0. The molecule has 6 nitrogen and oxygen atoms in total. The maximum Gasteiger partial charge on any atom is 0.410 e. The van der Waals surface area contributed by atoms with E-state index in [9.17, 15) is 9.59 Å². The molecule has 2 aliphatic rings. The quantitative estimate of drug-likeness (QED) is 0.562. The van der Waals surface area contributed by atoms with Crippen molar-refractivity contribution in [2.75, 3.05) is 19.7 Å². The van der Waals surface area contributed by atoms with Crippen molar-refractivity contribution in [3.63, 3.8) is 0 Å². The number of nitrogens with zero attached hydrogens (tertiary/aromatic N) is 1. The summed E-state index contributed by atoms with van der Waals surface area (Å²) in [6, 6.07) is -0.124. The fourth-order valence-corrected chi connectivity index (χ4v) is 4.82. The number of amides is 2. The Bertz CT molecular complexity index is 518. The molecule has 0 radical (unpaired) electrons. The monoisotopic (exact) mass is 384 g/mol. The molecule has 0 aromatic rings. The number of carbonyl (C=O) groups is 2. The van der Waals surface area contributed by atoms with Gasteiger partial charge in [0.25, 0.3) is 0 Å². The van der Waals surface area contributed by atoms with Crippen molar-refractivity contribution >= 4 is 20.3 Å². The van der Waals surface area contributed by atoms with Crippen molar-refractivity contribution in [2.24, 2.45) is 5.92 Å². The van der Waals surface area contributed by atoms with Crippen molar-refractivity contribution in [3.05, 3.63) is 0 Å². The average Bonchev–Trinajstić information content (AvgIpc) is 3.11. The van der Waals surface area contributed by atoms with Gasteiger partial charge in [0, 0.05) is 19.1 Å². The molecule has 0 aromatic carbocycles. The van der Waals surface area contributed by atoms with Gasteiger partial charge >= 0.3 is 6.09 Å². The highest BCUT2D eigenvalue weighted by Gasteiger charge is 2.48. The predicted octanol–water partition coefficient (Wildman–Crippen LogP) is 3.52. The lowest BCUT2D eigenvalue weighted by Gasteiger charge is -2.38. The predicted molar refractivity (Wildman–Crippen MR) is 105 cm³/mol. The van der Waals surface area contributed by atoms with E-state index >= 15 is 0 Å². The topological polar surface area (TPSA) is 67.9 Å². The molecule has 26 heavy (non-hydrogen) atoms. The molecule has 0 aromatic heterocycles. The van der Waals surface area contributed by atoms with Crippen LogP contribution in [0.1, 0.15) is 53.4 Å². The van der Waals surface area contributed by atoms with Crippen LogP contribution < -0.4 is 5.32 Å². The number of hydrogen-bond donors (Lipinski definition) is 1. The Balaban J connectivity index is 2.10. The van der Waals surface area contributed by atoms with Gasteiger partial charge in [0.15, 0.2) is 8.32 Å². The van der Waals surface area contributed by atoms with E-state index in [4.69, 9.17) is 9.16 Å². The summed E-state index contributed by atoms with van der Waals surface area (Å²) in [6.45, 7) is 14.8. The molecule has 2 rings (SSSR count). The Kier molecular flexibility index (Phi) is 6.77. The van der Waals surface area contributed by atoms with E-state index in [0.717, 1.165) is 19.3 Å². The number of unbranched alkanes of at least 4 members (excludes halogenated alkanes) is 1. The molecular formula is C19H36N2O4Si. The van der Waals surface area contributed by atoms with Crippen LogP contribution in [0.4, 0.5) is 4.79 Å². The summed E-state index contributed by atoms with van der Waals surface area (Å²) < 4.78 is 12.0. The Labute approximate surface area is 159 Å². The lowest BCUT2D eigenvalue weighted by molar-refractivity contribution is -0.123. The molecule has 2 saturated heterocycles. The molecule has 0 bridgehead atoms. The van der Waals surface area contributed by atoms with E-state index in [0.29, 0.717) is 26.1 Å². The maximum absolute atomic E-state index is 12.6. The molecule has 3 unspecified atom stereocenters. The zero-order chi connectivity index (χ0) is 19.5. The molecule has 150 valence electrons. The number of nitrogens with one attached hydrogen (secondary N) is 1. The lowest BCUT2D eigenvalue weighted by Crippen LogP contribution is -2.45. The van der Waals surface area contributed by atoms with Gasteiger partial charge in [-0.3, -0.25) is 4.79 Å². The summed E-state index contributed by atoms with van der Waals surface area (Å²) in [4.78, 5) is 26.6. The van der Waals surface area contributed by atoms with Crippen LogP contribution in [0.2, 0.25) is 18.1 Å². The van der Waals surface area contributed by atoms with Gasteiger partial charge in [0.2, 0.25) is 5.91 Å². The highest BCUT2D eigenvalue weighted by atomic mass is 28.4. The van der Waals surface area contributed by atoms with Crippen LogP contribution in [0.15, 0.2) is 0 Å². The first-order valence-corrected chi connectivity index (χ1v) is 12.9. The van der Waals surface area contributed by atoms with Crippen LogP contribution in [0, 0.1) is 5.92 Å². The number of hydrogen-bond acceptors (Lipinski definition) is 4. The van der Waals surface area contributed by atoms with Gasteiger partial charge in [0.05, 0.1) is 18.6 Å². The van der Waals surface area contributed by atoms with Gasteiger partial charge < -0.3 is 19.4 Å². The van der Waals surface area contributed by atoms with Crippen molar-refractivity contribution in [3.8, 4) is 0 Å². The van der Waals surface area contributed by atoms with Crippen molar-refractivity contribution in [1.29, 1.82) is 0 Å². The molecule has 0 saturated carbocycles. The second-order valence-corrected chi connectivity index (χ2v) is 13.9. The fraction of sp³-hybridized carbons (Fsp3) is 0.895. The fourth-order valence-electron chi connectivity index (χ4n) is 3.46. The van der Waals surface area contributed by atoms with Gasteiger partial charge in [-0.05, 0) is 37.4 Å². The molecule has 2 heterocycles. The largest absolute Gasteiger partial charge is 0.449 e. The highest BCUT2D eigenvalue weighted by Crippen LogP contribution is 2.40. The van der Waals surface area contributed by atoms with Crippen LogP contribution in [-0.2, 0) is 14.0 Å². The minimum atomic E-state index is -1.93. The lowest BCUT2D eigenvalue weighted by atomic mass is 9.96. The van der Waals surface area contributed by atoms with Gasteiger partial charge in [-0.25, -0.2) is 4.79 Å². The first kappa shape index (κ1) is 21.2. The van der Waals surface area contributed by atoms with Crippen LogP contribution in [0.5, 0.6) is 0 Å². The van der Waals surface area contributed by atoms with Crippen molar-refractivity contribution < 1.29 is 18.8 Å². The Morgan fingerprint density at radius 1 is 1.35 bits per heavy atom. The van der Waals surface area contributed by atoms with Crippen LogP contribution in [0.25, 0.3) is 0 Å². The molecule has 0 spiro atoms. The number of rotatable bonds is 6. The molecule has 1 N–H and O–H groups in total. The normalized spacial score (nSPS) is 26.9. The van der Waals surface area contributed by atoms with Gasteiger partial charge in [-0.15, -0.1) is 0 Å². The summed E-state index contributed by atoms with van der Waals surface area (Å²) in [5, 5.41) is 3.01. The van der Waals surface area contributed by atoms with Crippen LogP contribution >= 0.6 is 0 Å². The molecular weight excluding hydrogens is 348 g/mol. The van der Waals surface area contributed by atoms with Gasteiger partial charge in [-0.2, -0.15) is 0 Å². The first-order valence-electron chi connectivity index (χ1n) is 9.95.